The van der Waals surface area contributed by atoms with Crippen LogP contribution in [-0.2, 0) is 28.1 Å². The lowest BCUT2D eigenvalue weighted by atomic mass is 9.85. The number of fused-ring (bicyclic) bond motifs is 1. The maximum atomic E-state index is 12.0. The van der Waals surface area contributed by atoms with Gasteiger partial charge in [0.25, 0.3) is 0 Å². The molecule has 1 saturated heterocycles. The highest BCUT2D eigenvalue weighted by atomic mass is 16.2. The largest absolute Gasteiger partial charge is 0.295 e. The van der Waals surface area contributed by atoms with Gasteiger partial charge in [-0.15, -0.1) is 0 Å². The summed E-state index contributed by atoms with van der Waals surface area (Å²) in [6.45, 7) is 8.22. The highest BCUT2D eigenvalue weighted by molar-refractivity contribution is 6.00. The Balaban J connectivity index is 1.79. The van der Waals surface area contributed by atoms with E-state index in [0.717, 1.165) is 13.1 Å². The molecule has 2 heterocycles. The first kappa shape index (κ1) is 14.3. The molecule has 0 saturated carbocycles. The molecule has 2 aliphatic heterocycles. The molecule has 112 valence electrons. The third-order valence-electron chi connectivity index (χ3n) is 4.47. The molecule has 2 aliphatic rings. The molecular weight excluding hydrogens is 264 g/mol. The third-order valence-corrected chi connectivity index (χ3v) is 4.47. The second-order valence-electron chi connectivity index (χ2n) is 7.11. The Labute approximate surface area is 125 Å². The van der Waals surface area contributed by atoms with Gasteiger partial charge in [-0.2, -0.15) is 0 Å². The minimum atomic E-state index is -0.173. The first-order chi connectivity index (χ1) is 9.84. The smallest absolute Gasteiger partial charge is 0.243 e. The minimum Gasteiger partial charge on any atom is -0.295 e. The summed E-state index contributed by atoms with van der Waals surface area (Å²) in [4.78, 5) is 25.4. The zero-order valence-corrected chi connectivity index (χ0v) is 12.9. The number of rotatable bonds is 1. The summed E-state index contributed by atoms with van der Waals surface area (Å²) in [6, 6.07) is 6.46. The van der Waals surface area contributed by atoms with E-state index >= 15 is 0 Å². The van der Waals surface area contributed by atoms with Crippen molar-refractivity contribution >= 4 is 11.8 Å². The third kappa shape index (κ3) is 2.72. The van der Waals surface area contributed by atoms with E-state index in [2.05, 4.69) is 49.2 Å². The van der Waals surface area contributed by atoms with Crippen molar-refractivity contribution in [3.63, 3.8) is 0 Å². The lowest BCUT2D eigenvalue weighted by Crippen LogP contribution is -2.50. The fourth-order valence-corrected chi connectivity index (χ4v) is 3.14. The monoisotopic (exact) mass is 286 g/mol. The van der Waals surface area contributed by atoms with Gasteiger partial charge in [-0.1, -0.05) is 39.0 Å². The quantitative estimate of drug-likeness (QED) is 0.804. The van der Waals surface area contributed by atoms with Gasteiger partial charge in [-0.05, 0) is 28.5 Å². The fraction of sp³-hybridized carbons (Fsp3) is 0.529. The van der Waals surface area contributed by atoms with Gasteiger partial charge in [0.15, 0.2) is 0 Å². The van der Waals surface area contributed by atoms with Crippen LogP contribution in [0.5, 0.6) is 0 Å². The Morgan fingerprint density at radius 1 is 1.14 bits per heavy atom. The minimum absolute atomic E-state index is 0.136. The summed E-state index contributed by atoms with van der Waals surface area (Å²) in [5.41, 5.74) is 4.07. The van der Waals surface area contributed by atoms with Crippen LogP contribution in [-0.4, -0.2) is 22.8 Å². The number of nitrogens with one attached hydrogen (secondary N) is 1. The molecule has 0 bridgehead atoms. The lowest BCUT2D eigenvalue weighted by molar-refractivity contribution is -0.137. The van der Waals surface area contributed by atoms with Gasteiger partial charge in [0, 0.05) is 19.5 Å². The Kier molecular flexibility index (Phi) is 3.36. The summed E-state index contributed by atoms with van der Waals surface area (Å²) in [7, 11) is 0. The molecule has 0 spiro atoms. The first-order valence-corrected chi connectivity index (χ1v) is 7.54. The van der Waals surface area contributed by atoms with Crippen molar-refractivity contribution in [1.29, 1.82) is 0 Å². The highest BCUT2D eigenvalue weighted by Crippen LogP contribution is 2.31. The molecule has 0 aromatic heterocycles. The van der Waals surface area contributed by atoms with Crippen LogP contribution in [0.15, 0.2) is 18.2 Å². The Morgan fingerprint density at radius 3 is 2.52 bits per heavy atom. The Bertz CT molecular complexity index is 601. The zero-order chi connectivity index (χ0) is 15.2. The summed E-state index contributed by atoms with van der Waals surface area (Å²) in [5.74, 6) is -0.293. The molecule has 1 aromatic carbocycles. The van der Waals surface area contributed by atoms with Crippen LogP contribution in [0.1, 0.15) is 50.3 Å². The number of imide groups is 1. The molecular formula is C17H22N2O2. The predicted molar refractivity (Wildman–Crippen MR) is 80.6 cm³/mol. The first-order valence-electron chi connectivity index (χ1n) is 7.54. The molecule has 1 aromatic rings. The molecule has 1 fully saturated rings. The van der Waals surface area contributed by atoms with Crippen molar-refractivity contribution in [1.82, 2.24) is 10.2 Å². The topological polar surface area (TPSA) is 49.4 Å². The number of nitrogens with zero attached hydrogens (tertiary/aromatic N) is 1. The molecule has 3 rings (SSSR count). The number of carbonyl (C=O) groups is 2. The van der Waals surface area contributed by atoms with Gasteiger partial charge >= 0.3 is 0 Å². The number of amides is 2. The van der Waals surface area contributed by atoms with Crippen molar-refractivity contribution in [3.8, 4) is 0 Å². The van der Waals surface area contributed by atoms with Gasteiger partial charge < -0.3 is 0 Å². The summed E-state index contributed by atoms with van der Waals surface area (Å²) < 4.78 is 0. The van der Waals surface area contributed by atoms with Gasteiger partial charge in [0.05, 0.1) is 6.04 Å². The van der Waals surface area contributed by atoms with E-state index in [0.29, 0.717) is 12.8 Å². The maximum Gasteiger partial charge on any atom is 0.243 e. The molecule has 1 N–H and O–H groups in total. The van der Waals surface area contributed by atoms with Crippen LogP contribution in [0.25, 0.3) is 0 Å². The van der Waals surface area contributed by atoms with Gasteiger partial charge in [-0.3, -0.25) is 19.8 Å². The number of hydrogen-bond acceptors (Lipinski definition) is 3. The molecule has 0 aliphatic carbocycles. The molecule has 4 heteroatoms. The van der Waals surface area contributed by atoms with Gasteiger partial charge in [-0.25, -0.2) is 0 Å². The predicted octanol–water partition coefficient (Wildman–Crippen LogP) is 2.10. The molecule has 2 amide bonds. The number of benzene rings is 1. The average molecular weight is 286 g/mol. The standard InChI is InChI=1S/C17H22N2O2/c1-17(2,3)13-5-4-11-9-19(10-12(11)8-13)14-6-7-15(20)18-16(14)21/h4-5,8,14H,6-7,9-10H2,1-3H3,(H,18,20,21)/t14-/m0/s1. The molecule has 1 atom stereocenters. The van der Waals surface area contributed by atoms with Crippen LogP contribution in [0.2, 0.25) is 0 Å². The van der Waals surface area contributed by atoms with Crippen molar-refractivity contribution in [3.05, 3.63) is 34.9 Å². The molecule has 0 unspecified atom stereocenters. The van der Waals surface area contributed by atoms with Crippen molar-refractivity contribution < 1.29 is 9.59 Å². The van der Waals surface area contributed by atoms with Crippen molar-refractivity contribution in [2.24, 2.45) is 0 Å². The molecule has 4 nitrogen and oxygen atoms in total. The highest BCUT2D eigenvalue weighted by Gasteiger charge is 2.34. The van der Waals surface area contributed by atoms with E-state index in [4.69, 9.17) is 0 Å². The van der Waals surface area contributed by atoms with Crippen LogP contribution in [0, 0.1) is 0 Å². The summed E-state index contributed by atoms with van der Waals surface area (Å²) in [6.07, 6.45) is 1.07. The number of piperidine rings is 1. The Morgan fingerprint density at radius 2 is 1.86 bits per heavy atom. The maximum absolute atomic E-state index is 12.0. The van der Waals surface area contributed by atoms with Gasteiger partial charge in [0.2, 0.25) is 11.8 Å². The van der Waals surface area contributed by atoms with Gasteiger partial charge in [0.1, 0.15) is 0 Å². The number of carbonyl (C=O) groups excluding carboxylic acids is 2. The van der Waals surface area contributed by atoms with Crippen molar-refractivity contribution in [2.75, 3.05) is 0 Å². The fourth-order valence-electron chi connectivity index (χ4n) is 3.14. The van der Waals surface area contributed by atoms with Crippen molar-refractivity contribution in [2.45, 2.75) is 58.2 Å². The van der Waals surface area contributed by atoms with E-state index in [1.807, 2.05) is 0 Å². The van der Waals surface area contributed by atoms with E-state index < -0.39 is 0 Å². The average Bonchev–Trinajstić information content (AvgIpc) is 2.79. The van der Waals surface area contributed by atoms with Crippen LogP contribution in [0.3, 0.4) is 0 Å². The summed E-state index contributed by atoms with van der Waals surface area (Å²) in [5, 5.41) is 2.45. The van der Waals surface area contributed by atoms with Crippen LogP contribution < -0.4 is 5.32 Å². The molecule has 0 radical (unpaired) electrons. The summed E-state index contributed by atoms with van der Waals surface area (Å²) >= 11 is 0. The van der Waals surface area contributed by atoms with Crippen LogP contribution >= 0.6 is 0 Å². The SMILES string of the molecule is CC(C)(C)c1ccc2c(c1)CN([C@H]1CCC(=O)NC1=O)C2. The van der Waals surface area contributed by atoms with E-state index in [9.17, 15) is 9.59 Å². The van der Waals surface area contributed by atoms with Crippen LogP contribution in [0.4, 0.5) is 0 Å². The Hall–Kier alpha value is -1.68. The lowest BCUT2D eigenvalue weighted by Gasteiger charge is -2.29. The normalized spacial score (nSPS) is 23.1. The van der Waals surface area contributed by atoms with E-state index in [1.54, 1.807) is 0 Å². The van der Waals surface area contributed by atoms with E-state index in [-0.39, 0.29) is 23.3 Å². The second kappa shape index (κ2) is 4.95. The second-order valence-corrected chi connectivity index (χ2v) is 7.11. The van der Waals surface area contributed by atoms with E-state index in [1.165, 1.54) is 16.7 Å². The molecule has 21 heavy (non-hydrogen) atoms. The number of hydrogen-bond donors (Lipinski definition) is 1. The zero-order valence-electron chi connectivity index (χ0n) is 12.9.